The number of carbonyl (C=O) groups excluding carboxylic acids is 1. The minimum absolute atomic E-state index is 0.0674. The Morgan fingerprint density at radius 1 is 1.19 bits per heavy atom. The van der Waals surface area contributed by atoms with Crippen molar-refractivity contribution in [1.29, 1.82) is 0 Å². The minimum Gasteiger partial charge on any atom is -0.507 e. The van der Waals surface area contributed by atoms with Crippen LogP contribution in [0.5, 0.6) is 5.75 Å². The first-order valence-electron chi connectivity index (χ1n) is 8.18. The number of ether oxygens (including phenoxy) is 1. The summed E-state index contributed by atoms with van der Waals surface area (Å²) < 4.78 is 6.94. The highest BCUT2D eigenvalue weighted by Gasteiger charge is 2.35. The van der Waals surface area contributed by atoms with Gasteiger partial charge in [0, 0.05) is 23.7 Å². The van der Waals surface area contributed by atoms with Gasteiger partial charge in [0.25, 0.3) is 5.56 Å². The van der Waals surface area contributed by atoms with Crippen LogP contribution in [0, 0.1) is 6.92 Å². The molecule has 2 aromatic heterocycles. The maximum Gasteiger partial charge on any atom is 0.339 e. The number of aromatic hydroxyl groups is 1. The molecule has 1 aliphatic heterocycles. The van der Waals surface area contributed by atoms with E-state index in [4.69, 9.17) is 4.74 Å². The van der Waals surface area contributed by atoms with Crippen molar-refractivity contribution >= 4 is 5.97 Å². The molecule has 130 valence electrons. The van der Waals surface area contributed by atoms with Gasteiger partial charge in [-0.05, 0) is 30.7 Å². The van der Waals surface area contributed by atoms with Crippen LogP contribution < -0.4 is 5.56 Å². The van der Waals surface area contributed by atoms with Crippen LogP contribution in [0.3, 0.4) is 0 Å². The quantitative estimate of drug-likeness (QED) is 0.736. The van der Waals surface area contributed by atoms with Crippen LogP contribution in [-0.4, -0.2) is 20.6 Å². The van der Waals surface area contributed by atoms with Crippen molar-refractivity contribution in [3.05, 3.63) is 93.2 Å². The van der Waals surface area contributed by atoms with E-state index in [0.717, 1.165) is 5.56 Å². The van der Waals surface area contributed by atoms with Crippen LogP contribution in [0.1, 0.15) is 38.8 Å². The first-order valence-corrected chi connectivity index (χ1v) is 8.18. The second-order valence-electron chi connectivity index (χ2n) is 6.21. The zero-order valence-electron chi connectivity index (χ0n) is 14.0. The largest absolute Gasteiger partial charge is 0.507 e. The molecule has 26 heavy (non-hydrogen) atoms. The van der Waals surface area contributed by atoms with E-state index in [1.807, 2.05) is 6.07 Å². The molecule has 1 N–H and O–H groups in total. The van der Waals surface area contributed by atoms with Gasteiger partial charge in [-0.25, -0.2) is 4.79 Å². The molecule has 0 saturated heterocycles. The third-order valence-corrected chi connectivity index (χ3v) is 4.54. The Morgan fingerprint density at radius 2 is 2.00 bits per heavy atom. The summed E-state index contributed by atoms with van der Waals surface area (Å²) in [5.41, 5.74) is 2.15. The highest BCUT2D eigenvalue weighted by atomic mass is 16.5. The Kier molecular flexibility index (Phi) is 3.80. The number of hydrogen-bond donors (Lipinski definition) is 1. The number of esters is 1. The summed E-state index contributed by atoms with van der Waals surface area (Å²) in [7, 11) is 0. The van der Waals surface area contributed by atoms with Gasteiger partial charge in [-0.1, -0.05) is 24.3 Å². The van der Waals surface area contributed by atoms with Crippen LogP contribution in [0.4, 0.5) is 0 Å². The Hall–Kier alpha value is -3.41. The zero-order valence-corrected chi connectivity index (χ0v) is 14.0. The molecule has 0 aliphatic carbocycles. The lowest BCUT2D eigenvalue weighted by Crippen LogP contribution is -2.28. The molecular formula is C20H16N2O4. The third-order valence-electron chi connectivity index (χ3n) is 4.54. The van der Waals surface area contributed by atoms with Crippen molar-refractivity contribution < 1.29 is 14.6 Å². The first kappa shape index (κ1) is 16.1. The maximum atomic E-state index is 13.1. The third kappa shape index (κ3) is 2.56. The number of cyclic esters (lactones) is 1. The number of nitrogens with zero attached hydrogens (tertiary/aromatic N) is 2. The Balaban J connectivity index is 1.85. The van der Waals surface area contributed by atoms with Gasteiger partial charge in [-0.2, -0.15) is 0 Å². The minimum atomic E-state index is -0.910. The molecule has 1 aliphatic rings. The van der Waals surface area contributed by atoms with Gasteiger partial charge in [-0.15, -0.1) is 0 Å². The van der Waals surface area contributed by atoms with E-state index in [1.165, 1.54) is 6.07 Å². The number of pyridine rings is 2. The van der Waals surface area contributed by atoms with Crippen LogP contribution >= 0.6 is 0 Å². The standard InChI is InChI=1S/C20H16N2O4/c1-12-9-16(23)17(18-14-6-2-3-7-15(14)20(25)26-18)19(24)22(12)11-13-5-4-8-21-10-13/h2-10,18,23H,11H2,1H3/t18-/m0/s1. The van der Waals surface area contributed by atoms with E-state index in [-0.39, 0.29) is 16.9 Å². The number of rotatable bonds is 3. The SMILES string of the molecule is Cc1cc(O)c([C@H]2OC(=O)c3ccccc32)c(=O)n1Cc1cccnc1. The first-order chi connectivity index (χ1) is 12.6. The van der Waals surface area contributed by atoms with Crippen LogP contribution in [0.15, 0.2) is 59.7 Å². The summed E-state index contributed by atoms with van der Waals surface area (Å²) in [6.45, 7) is 2.06. The number of fused-ring (bicyclic) bond motifs is 1. The predicted molar refractivity (Wildman–Crippen MR) is 94.1 cm³/mol. The summed E-state index contributed by atoms with van der Waals surface area (Å²) in [5.74, 6) is -0.673. The summed E-state index contributed by atoms with van der Waals surface area (Å²) in [6, 6.07) is 12.1. The summed E-state index contributed by atoms with van der Waals surface area (Å²) in [4.78, 5) is 29.3. The molecule has 0 fully saturated rings. The number of aromatic nitrogens is 2. The van der Waals surface area contributed by atoms with Crippen molar-refractivity contribution in [2.24, 2.45) is 0 Å². The van der Waals surface area contributed by atoms with E-state index < -0.39 is 12.1 Å². The molecule has 3 aromatic rings. The van der Waals surface area contributed by atoms with E-state index in [9.17, 15) is 14.7 Å². The van der Waals surface area contributed by atoms with Crippen molar-refractivity contribution in [2.75, 3.05) is 0 Å². The molecule has 0 spiro atoms. The van der Waals surface area contributed by atoms with E-state index in [1.54, 1.807) is 54.2 Å². The highest BCUT2D eigenvalue weighted by molar-refractivity contribution is 5.94. The van der Waals surface area contributed by atoms with Gasteiger partial charge in [-0.3, -0.25) is 9.78 Å². The van der Waals surface area contributed by atoms with Gasteiger partial charge in [0.15, 0.2) is 6.10 Å². The van der Waals surface area contributed by atoms with Crippen molar-refractivity contribution in [3.8, 4) is 5.75 Å². The Morgan fingerprint density at radius 3 is 2.77 bits per heavy atom. The fourth-order valence-corrected chi connectivity index (χ4v) is 3.25. The maximum absolute atomic E-state index is 13.1. The van der Waals surface area contributed by atoms with Gasteiger partial charge >= 0.3 is 5.97 Å². The predicted octanol–water partition coefficient (Wildman–Crippen LogP) is 2.57. The monoisotopic (exact) mass is 348 g/mol. The van der Waals surface area contributed by atoms with Gasteiger partial charge in [0.05, 0.1) is 12.1 Å². The lowest BCUT2D eigenvalue weighted by atomic mass is 9.99. The van der Waals surface area contributed by atoms with E-state index in [0.29, 0.717) is 23.4 Å². The van der Waals surface area contributed by atoms with Crippen molar-refractivity contribution in [3.63, 3.8) is 0 Å². The Labute approximate surface area is 149 Å². The molecule has 0 radical (unpaired) electrons. The molecule has 3 heterocycles. The summed E-state index contributed by atoms with van der Waals surface area (Å²) in [6.07, 6.45) is 2.44. The summed E-state index contributed by atoms with van der Waals surface area (Å²) in [5, 5.41) is 10.4. The molecule has 0 saturated carbocycles. The molecule has 1 aromatic carbocycles. The number of benzene rings is 1. The second kappa shape index (κ2) is 6.15. The fourth-order valence-electron chi connectivity index (χ4n) is 3.25. The number of hydrogen-bond acceptors (Lipinski definition) is 5. The topological polar surface area (TPSA) is 81.4 Å². The fraction of sp³-hybridized carbons (Fsp3) is 0.150. The lowest BCUT2D eigenvalue weighted by molar-refractivity contribution is 0.0450. The Bertz CT molecular complexity index is 1060. The van der Waals surface area contributed by atoms with Gasteiger partial charge < -0.3 is 14.4 Å². The van der Waals surface area contributed by atoms with E-state index >= 15 is 0 Å². The molecule has 4 rings (SSSR count). The van der Waals surface area contributed by atoms with Gasteiger partial charge in [0.1, 0.15) is 11.3 Å². The molecule has 0 bridgehead atoms. The average molecular weight is 348 g/mol. The number of carbonyl (C=O) groups is 1. The normalized spacial score (nSPS) is 15.6. The second-order valence-corrected chi connectivity index (χ2v) is 6.21. The number of aryl methyl sites for hydroxylation is 1. The molecule has 0 unspecified atom stereocenters. The smallest absolute Gasteiger partial charge is 0.339 e. The van der Waals surface area contributed by atoms with Gasteiger partial charge in [0.2, 0.25) is 0 Å². The lowest BCUT2D eigenvalue weighted by Gasteiger charge is -2.17. The zero-order chi connectivity index (χ0) is 18.3. The summed E-state index contributed by atoms with van der Waals surface area (Å²) >= 11 is 0. The molecule has 6 nitrogen and oxygen atoms in total. The van der Waals surface area contributed by atoms with E-state index in [2.05, 4.69) is 4.98 Å². The molecule has 0 amide bonds. The molecular weight excluding hydrogens is 332 g/mol. The van der Waals surface area contributed by atoms with Crippen LogP contribution in [0.25, 0.3) is 0 Å². The van der Waals surface area contributed by atoms with Crippen LogP contribution in [0.2, 0.25) is 0 Å². The van der Waals surface area contributed by atoms with Crippen molar-refractivity contribution in [2.45, 2.75) is 19.6 Å². The molecule has 6 heteroatoms. The average Bonchev–Trinajstić information content (AvgIpc) is 2.96. The van der Waals surface area contributed by atoms with Crippen molar-refractivity contribution in [1.82, 2.24) is 9.55 Å². The van der Waals surface area contributed by atoms with Crippen LogP contribution in [-0.2, 0) is 11.3 Å². The highest BCUT2D eigenvalue weighted by Crippen LogP contribution is 2.37. The molecule has 1 atom stereocenters.